The maximum Gasteiger partial charge on any atom is 0.203 e. The lowest BCUT2D eigenvalue weighted by molar-refractivity contribution is -0.0367. The third-order valence-electron chi connectivity index (χ3n) is 2.41. The van der Waals surface area contributed by atoms with E-state index in [0.717, 1.165) is 18.7 Å². The Kier molecular flexibility index (Phi) is 2.70. The van der Waals surface area contributed by atoms with Gasteiger partial charge in [-0.1, -0.05) is 12.1 Å². The summed E-state index contributed by atoms with van der Waals surface area (Å²) in [6, 6.07) is 6.26. The molecule has 1 heterocycles. The monoisotopic (exact) mass is 193 g/mol. The fraction of sp³-hybridized carbons (Fsp3) is 0.455. The molecular weight excluding hydrogens is 178 g/mol. The van der Waals surface area contributed by atoms with Crippen LogP contribution < -0.4 is 10.1 Å². The van der Waals surface area contributed by atoms with Gasteiger partial charge >= 0.3 is 0 Å². The molecule has 0 radical (unpaired) electrons. The normalized spacial score (nSPS) is 19.1. The van der Waals surface area contributed by atoms with Gasteiger partial charge in [0.15, 0.2) is 0 Å². The largest absolute Gasteiger partial charge is 0.464 e. The average molecular weight is 193 g/mol. The van der Waals surface area contributed by atoms with Crippen LogP contribution in [0.4, 0.5) is 0 Å². The van der Waals surface area contributed by atoms with Crippen molar-refractivity contribution in [1.82, 2.24) is 5.32 Å². The average Bonchev–Trinajstić information content (AvgIpc) is 2.60. The molecule has 0 fully saturated rings. The molecule has 14 heavy (non-hydrogen) atoms. The maximum atomic E-state index is 5.55. The highest BCUT2D eigenvalue weighted by molar-refractivity contribution is 5.40. The van der Waals surface area contributed by atoms with Gasteiger partial charge < -0.3 is 14.8 Å². The van der Waals surface area contributed by atoms with Gasteiger partial charge in [0.05, 0.1) is 0 Å². The third-order valence-corrected chi connectivity index (χ3v) is 2.41. The van der Waals surface area contributed by atoms with Gasteiger partial charge in [-0.3, -0.25) is 0 Å². The van der Waals surface area contributed by atoms with Crippen molar-refractivity contribution in [2.75, 3.05) is 14.2 Å². The molecule has 0 aromatic heterocycles. The van der Waals surface area contributed by atoms with E-state index in [2.05, 4.69) is 17.4 Å². The Bertz CT molecular complexity index is 325. The quantitative estimate of drug-likeness (QED) is 0.785. The summed E-state index contributed by atoms with van der Waals surface area (Å²) in [5.74, 6) is 0.955. The van der Waals surface area contributed by atoms with Crippen molar-refractivity contribution in [3.63, 3.8) is 0 Å². The summed E-state index contributed by atoms with van der Waals surface area (Å²) in [6.45, 7) is 0.894. The van der Waals surface area contributed by atoms with Crippen LogP contribution in [-0.2, 0) is 17.7 Å². The highest BCUT2D eigenvalue weighted by Crippen LogP contribution is 2.29. The SMILES string of the molecule is CNCc1ccc2c(c1)CC(OC)O2. The molecule has 1 atom stereocenters. The van der Waals surface area contributed by atoms with Crippen molar-refractivity contribution in [2.24, 2.45) is 0 Å². The van der Waals surface area contributed by atoms with Gasteiger partial charge in [0.2, 0.25) is 6.29 Å². The van der Waals surface area contributed by atoms with Crippen LogP contribution in [0.15, 0.2) is 18.2 Å². The van der Waals surface area contributed by atoms with Gasteiger partial charge in [0, 0.05) is 25.6 Å². The van der Waals surface area contributed by atoms with Crippen molar-refractivity contribution in [3.05, 3.63) is 29.3 Å². The molecule has 1 unspecified atom stereocenters. The lowest BCUT2D eigenvalue weighted by Crippen LogP contribution is -2.14. The number of rotatable bonds is 3. The summed E-state index contributed by atoms with van der Waals surface area (Å²) in [4.78, 5) is 0. The molecule has 3 nitrogen and oxygen atoms in total. The molecule has 0 bridgehead atoms. The molecule has 0 saturated carbocycles. The summed E-state index contributed by atoms with van der Waals surface area (Å²) in [5.41, 5.74) is 2.52. The second-order valence-corrected chi connectivity index (χ2v) is 3.46. The second kappa shape index (κ2) is 3.98. The molecule has 0 amide bonds. The first-order valence-corrected chi connectivity index (χ1v) is 4.79. The summed E-state index contributed by atoms with van der Waals surface area (Å²) in [7, 11) is 3.62. The van der Waals surface area contributed by atoms with Crippen LogP contribution in [0, 0.1) is 0 Å². The topological polar surface area (TPSA) is 30.5 Å². The van der Waals surface area contributed by atoms with Crippen LogP contribution in [0.1, 0.15) is 11.1 Å². The van der Waals surface area contributed by atoms with E-state index in [4.69, 9.17) is 9.47 Å². The highest BCUT2D eigenvalue weighted by atomic mass is 16.7. The van der Waals surface area contributed by atoms with Crippen molar-refractivity contribution in [2.45, 2.75) is 19.3 Å². The standard InChI is InChI=1S/C11H15NO2/c1-12-7-8-3-4-10-9(5-8)6-11(13-2)14-10/h3-5,11-12H,6-7H2,1-2H3. The maximum absolute atomic E-state index is 5.55. The Labute approximate surface area is 84.0 Å². The van der Waals surface area contributed by atoms with Crippen LogP contribution in [-0.4, -0.2) is 20.4 Å². The zero-order valence-corrected chi connectivity index (χ0v) is 8.54. The van der Waals surface area contributed by atoms with Crippen molar-refractivity contribution < 1.29 is 9.47 Å². The van der Waals surface area contributed by atoms with E-state index in [1.807, 2.05) is 13.1 Å². The summed E-state index contributed by atoms with van der Waals surface area (Å²) in [6.07, 6.45) is 0.749. The number of nitrogens with one attached hydrogen (secondary N) is 1. The van der Waals surface area contributed by atoms with E-state index in [1.165, 1.54) is 11.1 Å². The molecule has 0 spiro atoms. The number of hydrogen-bond acceptors (Lipinski definition) is 3. The lowest BCUT2D eigenvalue weighted by Gasteiger charge is -2.06. The zero-order chi connectivity index (χ0) is 9.97. The van der Waals surface area contributed by atoms with Crippen LogP contribution >= 0.6 is 0 Å². The lowest BCUT2D eigenvalue weighted by atomic mass is 10.1. The molecule has 3 heteroatoms. The number of methoxy groups -OCH3 is 1. The molecule has 0 aliphatic carbocycles. The van der Waals surface area contributed by atoms with E-state index in [-0.39, 0.29) is 6.29 Å². The van der Waals surface area contributed by atoms with Crippen molar-refractivity contribution >= 4 is 0 Å². The van der Waals surface area contributed by atoms with Gasteiger partial charge in [-0.15, -0.1) is 0 Å². The highest BCUT2D eigenvalue weighted by Gasteiger charge is 2.22. The van der Waals surface area contributed by atoms with E-state index in [0.29, 0.717) is 0 Å². The second-order valence-electron chi connectivity index (χ2n) is 3.46. The summed E-state index contributed by atoms with van der Waals surface area (Å²) < 4.78 is 10.7. The molecule has 1 aromatic rings. The molecule has 1 aromatic carbocycles. The van der Waals surface area contributed by atoms with Gasteiger partial charge in [-0.05, 0) is 18.7 Å². The zero-order valence-electron chi connectivity index (χ0n) is 8.54. The van der Waals surface area contributed by atoms with Gasteiger partial charge in [0.1, 0.15) is 5.75 Å². The van der Waals surface area contributed by atoms with E-state index in [9.17, 15) is 0 Å². The van der Waals surface area contributed by atoms with E-state index in [1.54, 1.807) is 7.11 Å². The molecule has 1 aliphatic rings. The Morgan fingerprint density at radius 1 is 1.57 bits per heavy atom. The van der Waals surface area contributed by atoms with Gasteiger partial charge in [-0.25, -0.2) is 0 Å². The smallest absolute Gasteiger partial charge is 0.203 e. The molecule has 0 saturated heterocycles. The number of ether oxygens (including phenoxy) is 2. The first kappa shape index (κ1) is 9.49. The predicted molar refractivity (Wildman–Crippen MR) is 54.3 cm³/mol. The van der Waals surface area contributed by atoms with Crippen LogP contribution in [0.5, 0.6) is 5.75 Å². The van der Waals surface area contributed by atoms with Crippen molar-refractivity contribution in [3.8, 4) is 5.75 Å². The molecule has 1 aliphatic heterocycles. The summed E-state index contributed by atoms with van der Waals surface area (Å²) >= 11 is 0. The molecular formula is C11H15NO2. The Balaban J connectivity index is 2.17. The van der Waals surface area contributed by atoms with Gasteiger partial charge in [0.25, 0.3) is 0 Å². The molecule has 76 valence electrons. The van der Waals surface area contributed by atoms with Crippen LogP contribution in [0.3, 0.4) is 0 Å². The van der Waals surface area contributed by atoms with E-state index >= 15 is 0 Å². The number of fused-ring (bicyclic) bond motifs is 1. The van der Waals surface area contributed by atoms with E-state index < -0.39 is 0 Å². The Morgan fingerprint density at radius 3 is 3.14 bits per heavy atom. The molecule has 2 rings (SSSR count). The third kappa shape index (κ3) is 1.74. The minimum Gasteiger partial charge on any atom is -0.464 e. The van der Waals surface area contributed by atoms with Crippen molar-refractivity contribution in [1.29, 1.82) is 0 Å². The Hall–Kier alpha value is -1.06. The minimum atomic E-state index is -0.102. The fourth-order valence-electron chi connectivity index (χ4n) is 1.72. The first-order chi connectivity index (χ1) is 6.83. The van der Waals surface area contributed by atoms with Gasteiger partial charge in [-0.2, -0.15) is 0 Å². The minimum absolute atomic E-state index is 0.102. The van der Waals surface area contributed by atoms with Crippen LogP contribution in [0.2, 0.25) is 0 Å². The summed E-state index contributed by atoms with van der Waals surface area (Å²) in [5, 5.41) is 3.13. The fourth-order valence-corrected chi connectivity index (χ4v) is 1.72. The predicted octanol–water partition coefficient (Wildman–Crippen LogP) is 1.31. The number of hydrogen-bond donors (Lipinski definition) is 1. The van der Waals surface area contributed by atoms with Crippen LogP contribution in [0.25, 0.3) is 0 Å². The molecule has 1 N–H and O–H groups in total. The Morgan fingerprint density at radius 2 is 2.43 bits per heavy atom. The number of benzene rings is 1. The first-order valence-electron chi connectivity index (χ1n) is 4.79.